The molecule has 0 fully saturated rings. The van der Waals surface area contributed by atoms with Crippen molar-refractivity contribution in [3.63, 3.8) is 0 Å². The van der Waals surface area contributed by atoms with Gasteiger partial charge in [0.2, 0.25) is 0 Å². The first-order chi connectivity index (χ1) is 12.3. The van der Waals surface area contributed by atoms with E-state index in [1.807, 2.05) is 18.2 Å². The molecule has 2 aromatic heterocycles. The van der Waals surface area contributed by atoms with Crippen LogP contribution >= 0.6 is 0 Å². The molecule has 0 aliphatic heterocycles. The SMILES string of the molecule is N#Cc1ccccc1Nc1cncc(C(=O)NCc2cccnc2)c1. The molecule has 0 unspecified atom stereocenters. The third-order valence-electron chi connectivity index (χ3n) is 3.50. The van der Waals surface area contributed by atoms with Crippen LogP contribution in [0.25, 0.3) is 0 Å². The number of rotatable bonds is 5. The van der Waals surface area contributed by atoms with Crippen LogP contribution in [-0.4, -0.2) is 15.9 Å². The first-order valence-corrected chi connectivity index (χ1v) is 7.64. The van der Waals surface area contributed by atoms with E-state index in [4.69, 9.17) is 5.26 Å². The molecule has 0 aliphatic rings. The highest BCUT2D eigenvalue weighted by molar-refractivity contribution is 5.94. The van der Waals surface area contributed by atoms with Crippen LogP contribution in [0.2, 0.25) is 0 Å². The molecule has 3 rings (SSSR count). The van der Waals surface area contributed by atoms with Crippen molar-refractivity contribution in [1.82, 2.24) is 15.3 Å². The molecule has 0 aliphatic carbocycles. The van der Waals surface area contributed by atoms with E-state index in [2.05, 4.69) is 26.7 Å². The number of aromatic nitrogens is 2. The zero-order chi connectivity index (χ0) is 17.5. The first-order valence-electron chi connectivity index (χ1n) is 7.64. The number of para-hydroxylation sites is 1. The standard InChI is InChI=1S/C19H15N5O/c20-9-15-5-1-2-6-18(15)24-17-8-16(12-22-13-17)19(25)23-11-14-4-3-7-21-10-14/h1-8,10,12-13,24H,11H2,(H,23,25). The summed E-state index contributed by atoms with van der Waals surface area (Å²) in [6, 6.07) is 14.7. The third-order valence-corrected chi connectivity index (χ3v) is 3.50. The monoisotopic (exact) mass is 329 g/mol. The Morgan fingerprint density at radius 3 is 2.76 bits per heavy atom. The fraction of sp³-hybridized carbons (Fsp3) is 0.0526. The van der Waals surface area contributed by atoms with Gasteiger partial charge in [-0.1, -0.05) is 18.2 Å². The van der Waals surface area contributed by atoms with Gasteiger partial charge in [0.25, 0.3) is 5.91 Å². The Kier molecular flexibility index (Phi) is 4.98. The van der Waals surface area contributed by atoms with Gasteiger partial charge in [-0.3, -0.25) is 14.8 Å². The molecule has 0 radical (unpaired) electrons. The molecule has 2 N–H and O–H groups in total. The molecule has 3 aromatic rings. The van der Waals surface area contributed by atoms with Crippen molar-refractivity contribution in [3.05, 3.63) is 83.9 Å². The fourth-order valence-corrected chi connectivity index (χ4v) is 2.26. The van der Waals surface area contributed by atoms with E-state index in [9.17, 15) is 4.79 Å². The van der Waals surface area contributed by atoms with E-state index < -0.39 is 0 Å². The molecule has 0 saturated heterocycles. The van der Waals surface area contributed by atoms with Gasteiger partial charge >= 0.3 is 0 Å². The Hall–Kier alpha value is -3.72. The lowest BCUT2D eigenvalue weighted by atomic mass is 10.2. The Balaban J connectivity index is 1.71. The van der Waals surface area contributed by atoms with Crippen molar-refractivity contribution < 1.29 is 4.79 Å². The van der Waals surface area contributed by atoms with Crippen molar-refractivity contribution in [2.75, 3.05) is 5.32 Å². The summed E-state index contributed by atoms with van der Waals surface area (Å²) in [5.41, 5.74) is 3.18. The number of carbonyl (C=O) groups excluding carboxylic acids is 1. The van der Waals surface area contributed by atoms with Gasteiger partial charge < -0.3 is 10.6 Å². The maximum atomic E-state index is 12.3. The summed E-state index contributed by atoms with van der Waals surface area (Å²) in [6.07, 6.45) is 6.49. The number of pyridine rings is 2. The molecule has 0 atom stereocenters. The highest BCUT2D eigenvalue weighted by atomic mass is 16.1. The average Bonchev–Trinajstić information content (AvgIpc) is 2.67. The van der Waals surface area contributed by atoms with Crippen LogP contribution in [0.1, 0.15) is 21.5 Å². The zero-order valence-corrected chi connectivity index (χ0v) is 13.3. The average molecular weight is 329 g/mol. The summed E-state index contributed by atoms with van der Waals surface area (Å²) in [5.74, 6) is -0.228. The summed E-state index contributed by atoms with van der Waals surface area (Å²) in [6.45, 7) is 0.390. The van der Waals surface area contributed by atoms with Gasteiger partial charge in [0.1, 0.15) is 6.07 Å². The normalized spacial score (nSPS) is 9.88. The summed E-state index contributed by atoms with van der Waals surface area (Å²) >= 11 is 0. The van der Waals surface area contributed by atoms with Crippen LogP contribution in [-0.2, 0) is 6.54 Å². The first kappa shape index (κ1) is 16.1. The molecule has 0 saturated carbocycles. The Bertz CT molecular complexity index is 918. The highest BCUT2D eigenvalue weighted by Crippen LogP contribution is 2.20. The van der Waals surface area contributed by atoms with Crippen LogP contribution in [0.15, 0.2) is 67.3 Å². The van der Waals surface area contributed by atoms with Gasteiger partial charge in [0, 0.05) is 25.1 Å². The Morgan fingerprint density at radius 2 is 1.96 bits per heavy atom. The number of anilines is 2. The molecule has 1 amide bonds. The molecular formula is C19H15N5O. The minimum absolute atomic E-state index is 0.228. The quantitative estimate of drug-likeness (QED) is 0.751. The summed E-state index contributed by atoms with van der Waals surface area (Å²) < 4.78 is 0. The molecule has 6 heteroatoms. The second-order valence-corrected chi connectivity index (χ2v) is 5.29. The van der Waals surface area contributed by atoms with E-state index in [-0.39, 0.29) is 5.91 Å². The number of carbonyl (C=O) groups is 1. The fourth-order valence-electron chi connectivity index (χ4n) is 2.26. The van der Waals surface area contributed by atoms with Crippen LogP contribution in [0.3, 0.4) is 0 Å². The number of nitrogens with zero attached hydrogens (tertiary/aromatic N) is 3. The van der Waals surface area contributed by atoms with E-state index in [1.165, 1.54) is 6.20 Å². The smallest absolute Gasteiger partial charge is 0.253 e. The summed E-state index contributed by atoms with van der Waals surface area (Å²) in [5, 5.41) is 15.1. The second kappa shape index (κ2) is 7.70. The number of benzene rings is 1. The molecule has 0 spiro atoms. The third kappa shape index (κ3) is 4.18. The number of nitriles is 1. The van der Waals surface area contributed by atoms with Crippen LogP contribution in [0.4, 0.5) is 11.4 Å². The maximum Gasteiger partial charge on any atom is 0.253 e. The Morgan fingerprint density at radius 1 is 1.08 bits per heavy atom. The van der Waals surface area contributed by atoms with Crippen molar-refractivity contribution in [3.8, 4) is 6.07 Å². The lowest BCUT2D eigenvalue weighted by Crippen LogP contribution is -2.23. The van der Waals surface area contributed by atoms with Gasteiger partial charge in [-0.2, -0.15) is 5.26 Å². The minimum Gasteiger partial charge on any atom is -0.353 e. The predicted molar refractivity (Wildman–Crippen MR) is 94.1 cm³/mol. The van der Waals surface area contributed by atoms with E-state index in [1.54, 1.807) is 42.9 Å². The number of nitrogens with one attached hydrogen (secondary N) is 2. The molecule has 25 heavy (non-hydrogen) atoms. The number of hydrogen-bond donors (Lipinski definition) is 2. The predicted octanol–water partition coefficient (Wildman–Crippen LogP) is 3.02. The van der Waals surface area contributed by atoms with Gasteiger partial charge in [0.05, 0.1) is 28.7 Å². The molecular weight excluding hydrogens is 314 g/mol. The van der Waals surface area contributed by atoms with Crippen molar-refractivity contribution in [2.24, 2.45) is 0 Å². The topological polar surface area (TPSA) is 90.7 Å². The molecule has 1 aromatic carbocycles. The molecule has 0 bridgehead atoms. The maximum absolute atomic E-state index is 12.3. The van der Waals surface area contributed by atoms with Crippen LogP contribution in [0.5, 0.6) is 0 Å². The van der Waals surface area contributed by atoms with Gasteiger partial charge in [0.15, 0.2) is 0 Å². The molecule has 122 valence electrons. The van der Waals surface area contributed by atoms with Crippen LogP contribution < -0.4 is 10.6 Å². The van der Waals surface area contributed by atoms with E-state index >= 15 is 0 Å². The molecule has 6 nitrogen and oxygen atoms in total. The summed E-state index contributed by atoms with van der Waals surface area (Å²) in [4.78, 5) is 20.4. The molecule has 2 heterocycles. The largest absolute Gasteiger partial charge is 0.353 e. The summed E-state index contributed by atoms with van der Waals surface area (Å²) in [7, 11) is 0. The lowest BCUT2D eigenvalue weighted by molar-refractivity contribution is 0.0950. The second-order valence-electron chi connectivity index (χ2n) is 5.29. The minimum atomic E-state index is -0.228. The van der Waals surface area contributed by atoms with Gasteiger partial charge in [-0.25, -0.2) is 0 Å². The van der Waals surface area contributed by atoms with E-state index in [0.717, 1.165) is 5.56 Å². The lowest BCUT2D eigenvalue weighted by Gasteiger charge is -2.09. The van der Waals surface area contributed by atoms with Crippen molar-refractivity contribution in [1.29, 1.82) is 5.26 Å². The van der Waals surface area contributed by atoms with E-state index in [0.29, 0.717) is 29.0 Å². The number of hydrogen-bond acceptors (Lipinski definition) is 5. The number of amides is 1. The Labute approximate surface area is 145 Å². The van der Waals surface area contributed by atoms with Crippen molar-refractivity contribution >= 4 is 17.3 Å². The highest BCUT2D eigenvalue weighted by Gasteiger charge is 2.08. The van der Waals surface area contributed by atoms with Crippen molar-refractivity contribution in [2.45, 2.75) is 6.54 Å². The van der Waals surface area contributed by atoms with Crippen LogP contribution in [0, 0.1) is 11.3 Å². The van der Waals surface area contributed by atoms with Gasteiger partial charge in [-0.15, -0.1) is 0 Å². The van der Waals surface area contributed by atoms with Gasteiger partial charge in [-0.05, 0) is 29.8 Å². The zero-order valence-electron chi connectivity index (χ0n) is 13.3.